The summed E-state index contributed by atoms with van der Waals surface area (Å²) in [4.78, 5) is 21.4. The minimum Gasteiger partial charge on any atom is -0.491 e. The lowest BCUT2D eigenvalue weighted by Gasteiger charge is -2.20. The SMILES string of the molecule is Cc1cccc(C)c1OCCn1cc(/C=C2\C(=N)N3N=C(c4cccnc4)SC3=NC2=O)c2ccccc21. The molecule has 1 N–H and O–H groups in total. The number of aryl methyl sites for hydroxylation is 2. The molecule has 2 aliphatic heterocycles. The molecule has 0 radical (unpaired) electrons. The Kier molecular flexibility index (Phi) is 6.13. The minimum atomic E-state index is -0.452. The molecule has 8 nitrogen and oxygen atoms in total. The van der Waals surface area contributed by atoms with Crippen molar-refractivity contribution in [2.75, 3.05) is 6.61 Å². The molecule has 0 spiro atoms. The highest BCUT2D eigenvalue weighted by Gasteiger charge is 2.36. The third-order valence-electron chi connectivity index (χ3n) is 6.47. The number of nitrogens with one attached hydrogen (secondary N) is 1. The molecule has 0 unspecified atom stereocenters. The molecule has 2 aliphatic rings. The Morgan fingerprint density at radius 2 is 1.87 bits per heavy atom. The van der Waals surface area contributed by atoms with Crippen LogP contribution >= 0.6 is 11.8 Å². The van der Waals surface area contributed by atoms with Crippen LogP contribution in [0.4, 0.5) is 0 Å². The van der Waals surface area contributed by atoms with Gasteiger partial charge in [0, 0.05) is 40.6 Å². The van der Waals surface area contributed by atoms with Crippen molar-refractivity contribution in [3.8, 4) is 5.75 Å². The molecule has 4 aromatic rings. The summed E-state index contributed by atoms with van der Waals surface area (Å²) in [6.07, 6.45) is 7.12. The van der Waals surface area contributed by atoms with E-state index >= 15 is 0 Å². The predicted molar refractivity (Wildman–Crippen MR) is 152 cm³/mol. The number of ether oxygens (including phenoxy) is 1. The molecule has 0 fully saturated rings. The van der Waals surface area contributed by atoms with Gasteiger partial charge in [-0.15, -0.1) is 0 Å². The van der Waals surface area contributed by atoms with Crippen LogP contribution in [0.25, 0.3) is 17.0 Å². The van der Waals surface area contributed by atoms with Gasteiger partial charge in [0.25, 0.3) is 5.91 Å². The van der Waals surface area contributed by atoms with Crippen molar-refractivity contribution in [1.29, 1.82) is 5.41 Å². The number of pyridine rings is 1. The monoisotopic (exact) mass is 520 g/mol. The van der Waals surface area contributed by atoms with Gasteiger partial charge in [0.2, 0.25) is 5.17 Å². The highest BCUT2D eigenvalue weighted by Crippen LogP contribution is 2.32. The summed E-state index contributed by atoms with van der Waals surface area (Å²) in [7, 11) is 0. The number of para-hydroxylation sites is 2. The molecular weight excluding hydrogens is 496 g/mol. The number of aromatic nitrogens is 2. The van der Waals surface area contributed by atoms with Gasteiger partial charge in [-0.3, -0.25) is 15.2 Å². The number of amides is 1. The third-order valence-corrected chi connectivity index (χ3v) is 7.43. The molecule has 2 aromatic carbocycles. The van der Waals surface area contributed by atoms with Crippen LogP contribution in [-0.4, -0.2) is 43.1 Å². The lowest BCUT2D eigenvalue weighted by Crippen LogP contribution is -2.35. The topological polar surface area (TPSA) is 95.9 Å². The highest BCUT2D eigenvalue weighted by molar-refractivity contribution is 8.27. The lowest BCUT2D eigenvalue weighted by atomic mass is 10.1. The van der Waals surface area contributed by atoms with E-state index in [1.165, 1.54) is 16.8 Å². The number of thioether (sulfide) groups is 1. The number of nitrogens with zero attached hydrogens (tertiary/aromatic N) is 5. The summed E-state index contributed by atoms with van der Waals surface area (Å²) in [5.74, 6) is 0.462. The average Bonchev–Trinajstić information content (AvgIpc) is 3.51. The van der Waals surface area contributed by atoms with Gasteiger partial charge in [-0.25, -0.2) is 0 Å². The number of hydrogen-bond donors (Lipinski definition) is 1. The van der Waals surface area contributed by atoms with E-state index in [0.717, 1.165) is 38.9 Å². The Morgan fingerprint density at radius 3 is 2.66 bits per heavy atom. The average molecular weight is 521 g/mol. The fraction of sp³-hybridized carbons (Fsp3) is 0.138. The zero-order valence-corrected chi connectivity index (χ0v) is 21.7. The number of hydrogen-bond acceptors (Lipinski definition) is 6. The Bertz CT molecular complexity index is 1670. The van der Waals surface area contributed by atoms with Crippen molar-refractivity contribution < 1.29 is 9.53 Å². The van der Waals surface area contributed by atoms with Crippen molar-refractivity contribution in [2.45, 2.75) is 20.4 Å². The van der Waals surface area contributed by atoms with Gasteiger partial charge in [-0.2, -0.15) is 15.1 Å². The van der Waals surface area contributed by atoms with E-state index in [4.69, 9.17) is 10.1 Å². The van der Waals surface area contributed by atoms with Gasteiger partial charge < -0.3 is 9.30 Å². The van der Waals surface area contributed by atoms with Crippen molar-refractivity contribution >= 4 is 50.7 Å². The van der Waals surface area contributed by atoms with E-state index in [2.05, 4.69) is 19.6 Å². The van der Waals surface area contributed by atoms with Gasteiger partial charge in [-0.1, -0.05) is 36.4 Å². The summed E-state index contributed by atoms with van der Waals surface area (Å²) >= 11 is 1.26. The first-order chi connectivity index (χ1) is 18.5. The number of benzene rings is 2. The lowest BCUT2D eigenvalue weighted by molar-refractivity contribution is -0.114. The third kappa shape index (κ3) is 4.31. The normalized spacial score (nSPS) is 16.2. The van der Waals surface area contributed by atoms with Crippen molar-refractivity contribution in [3.63, 3.8) is 0 Å². The summed E-state index contributed by atoms with van der Waals surface area (Å²) in [5.41, 5.74) is 5.08. The van der Waals surface area contributed by atoms with Crippen LogP contribution in [0.15, 0.2) is 88.9 Å². The number of rotatable bonds is 6. The van der Waals surface area contributed by atoms with E-state index in [0.29, 0.717) is 23.4 Å². The van der Waals surface area contributed by atoms with Crippen molar-refractivity contribution in [3.05, 3.63) is 101 Å². The maximum Gasteiger partial charge on any atom is 0.283 e. The van der Waals surface area contributed by atoms with E-state index in [-0.39, 0.29) is 11.4 Å². The van der Waals surface area contributed by atoms with Crippen LogP contribution in [0.5, 0.6) is 5.75 Å². The molecule has 0 saturated carbocycles. The highest BCUT2D eigenvalue weighted by atomic mass is 32.2. The smallest absolute Gasteiger partial charge is 0.283 e. The molecule has 1 amide bonds. The maximum atomic E-state index is 13.0. The Balaban J connectivity index is 1.29. The van der Waals surface area contributed by atoms with Crippen LogP contribution in [0.3, 0.4) is 0 Å². The first kappa shape index (κ1) is 23.9. The van der Waals surface area contributed by atoms with E-state index in [1.807, 2.05) is 74.6 Å². The van der Waals surface area contributed by atoms with Gasteiger partial charge >= 0.3 is 0 Å². The molecule has 6 rings (SSSR count). The van der Waals surface area contributed by atoms with Crippen LogP contribution in [0, 0.1) is 19.3 Å². The first-order valence-electron chi connectivity index (χ1n) is 12.2. The maximum absolute atomic E-state index is 13.0. The van der Waals surface area contributed by atoms with Crippen molar-refractivity contribution in [2.24, 2.45) is 10.1 Å². The molecule has 38 heavy (non-hydrogen) atoms. The quantitative estimate of drug-likeness (QED) is 0.344. The molecule has 0 bridgehead atoms. The fourth-order valence-electron chi connectivity index (χ4n) is 4.60. The number of amidine groups is 2. The molecule has 0 saturated heterocycles. The molecular formula is C29H24N6O2S. The van der Waals surface area contributed by atoms with Crippen LogP contribution in [-0.2, 0) is 11.3 Å². The standard InChI is InChI=1S/C29H24N6O2S/c1-18-7-5-8-19(2)25(18)37-14-13-34-17-21(22-10-3-4-11-24(22)34)15-23-26(30)35-29(32-27(23)36)38-28(33-35)20-9-6-12-31-16-20/h3-12,15-17,30H,13-14H2,1-2H3/b23-15+,30-26?. The number of carbonyl (C=O) groups is 1. The second-order valence-electron chi connectivity index (χ2n) is 9.03. The molecule has 188 valence electrons. The Labute approximate surface area is 223 Å². The number of aliphatic imine (C=N–C) groups is 1. The molecule has 9 heteroatoms. The summed E-state index contributed by atoms with van der Waals surface area (Å²) in [6.45, 7) is 5.22. The molecule has 2 aromatic heterocycles. The van der Waals surface area contributed by atoms with Crippen LogP contribution in [0.2, 0.25) is 0 Å². The Hall–Kier alpha value is -4.50. The first-order valence-corrected chi connectivity index (χ1v) is 13.0. The van der Waals surface area contributed by atoms with E-state index in [9.17, 15) is 4.79 Å². The number of fused-ring (bicyclic) bond motifs is 2. The van der Waals surface area contributed by atoms with E-state index < -0.39 is 5.91 Å². The number of hydrazone groups is 1. The number of carbonyl (C=O) groups excluding carboxylic acids is 1. The molecule has 0 atom stereocenters. The van der Waals surface area contributed by atoms with Gasteiger partial charge in [0.15, 0.2) is 5.84 Å². The molecule has 0 aliphatic carbocycles. The van der Waals surface area contributed by atoms with E-state index in [1.54, 1.807) is 18.5 Å². The largest absolute Gasteiger partial charge is 0.491 e. The van der Waals surface area contributed by atoms with Gasteiger partial charge in [-0.05, 0) is 61.0 Å². The zero-order chi connectivity index (χ0) is 26.2. The van der Waals surface area contributed by atoms with Crippen molar-refractivity contribution in [1.82, 2.24) is 14.6 Å². The summed E-state index contributed by atoms with van der Waals surface area (Å²) in [6, 6.07) is 17.8. The summed E-state index contributed by atoms with van der Waals surface area (Å²) < 4.78 is 8.25. The van der Waals surface area contributed by atoms with Gasteiger partial charge in [0.05, 0.1) is 12.1 Å². The predicted octanol–water partition coefficient (Wildman–Crippen LogP) is 5.40. The summed E-state index contributed by atoms with van der Waals surface area (Å²) in [5, 5.41) is 16.7. The van der Waals surface area contributed by atoms with Crippen LogP contribution in [0.1, 0.15) is 22.3 Å². The Morgan fingerprint density at radius 1 is 1.05 bits per heavy atom. The minimum absolute atomic E-state index is 0.00147. The van der Waals surface area contributed by atoms with Gasteiger partial charge in [0.1, 0.15) is 17.4 Å². The van der Waals surface area contributed by atoms with Crippen LogP contribution < -0.4 is 4.74 Å². The fourth-order valence-corrected chi connectivity index (χ4v) is 5.48. The molecule has 4 heterocycles. The second-order valence-corrected chi connectivity index (χ2v) is 9.99. The zero-order valence-electron chi connectivity index (χ0n) is 20.9. The second kappa shape index (κ2) is 9.75.